The average Bonchev–Trinajstić information content (AvgIpc) is 3.49. The molecule has 1 unspecified atom stereocenters. The minimum atomic E-state index is -0.179. The zero-order valence-electron chi connectivity index (χ0n) is 18.5. The summed E-state index contributed by atoms with van der Waals surface area (Å²) in [6.07, 6.45) is 5.75. The van der Waals surface area contributed by atoms with E-state index in [9.17, 15) is 4.39 Å². The summed E-state index contributed by atoms with van der Waals surface area (Å²) in [6, 6.07) is 11.1. The number of halogens is 2. The number of furan rings is 1. The summed E-state index contributed by atoms with van der Waals surface area (Å²) in [5.74, 6) is 2.20. The third-order valence-electron chi connectivity index (χ3n) is 6.02. The van der Waals surface area contributed by atoms with Gasteiger partial charge < -0.3 is 19.8 Å². The molecule has 2 saturated heterocycles. The Labute approximate surface area is 207 Å². The molecule has 2 aromatic rings. The first kappa shape index (κ1) is 25.0. The summed E-state index contributed by atoms with van der Waals surface area (Å²) < 4.78 is 24.0. The summed E-state index contributed by atoms with van der Waals surface area (Å²) in [6.45, 7) is 6.14. The van der Waals surface area contributed by atoms with Gasteiger partial charge in [0.15, 0.2) is 5.96 Å². The third-order valence-corrected chi connectivity index (χ3v) is 6.02. The number of ether oxygens (including phenoxy) is 1. The Hall–Kier alpha value is -1.65. The molecule has 4 rings (SSSR count). The van der Waals surface area contributed by atoms with Gasteiger partial charge in [-0.15, -0.1) is 24.0 Å². The highest BCUT2D eigenvalue weighted by molar-refractivity contribution is 14.0. The Balaban J connectivity index is 0.00000289. The van der Waals surface area contributed by atoms with Crippen molar-refractivity contribution in [1.82, 2.24) is 15.5 Å². The fourth-order valence-corrected chi connectivity index (χ4v) is 4.14. The van der Waals surface area contributed by atoms with Crippen LogP contribution in [0.2, 0.25) is 0 Å². The zero-order chi connectivity index (χ0) is 21.3. The van der Waals surface area contributed by atoms with Crippen molar-refractivity contribution >= 4 is 29.9 Å². The number of guanidine groups is 1. The normalized spacial score (nSPS) is 20.2. The van der Waals surface area contributed by atoms with E-state index in [4.69, 9.17) is 14.1 Å². The lowest BCUT2D eigenvalue weighted by molar-refractivity contribution is 0.187. The first-order valence-electron chi connectivity index (χ1n) is 11.4. The number of likely N-dealkylation sites (tertiary alicyclic amines) is 1. The van der Waals surface area contributed by atoms with Gasteiger partial charge in [0, 0.05) is 57.7 Å². The fourth-order valence-electron chi connectivity index (χ4n) is 4.14. The van der Waals surface area contributed by atoms with Crippen LogP contribution >= 0.6 is 24.0 Å². The molecule has 176 valence electrons. The molecule has 1 aromatic heterocycles. The number of aliphatic imine (C=N–C) groups is 1. The number of hydrogen-bond acceptors (Lipinski definition) is 4. The van der Waals surface area contributed by atoms with Crippen molar-refractivity contribution in [2.75, 3.05) is 39.4 Å². The molecule has 32 heavy (non-hydrogen) atoms. The maximum absolute atomic E-state index is 13.1. The van der Waals surface area contributed by atoms with Crippen LogP contribution in [0, 0.1) is 11.7 Å². The molecular weight excluding hydrogens is 522 g/mol. The lowest BCUT2D eigenvalue weighted by atomic mass is 10.0. The Kier molecular flexibility index (Phi) is 10.3. The number of piperidine rings is 1. The van der Waals surface area contributed by atoms with Crippen molar-refractivity contribution < 1.29 is 13.5 Å². The maximum atomic E-state index is 13.1. The highest BCUT2D eigenvalue weighted by Gasteiger charge is 2.21. The van der Waals surface area contributed by atoms with Gasteiger partial charge in [-0.1, -0.05) is 12.1 Å². The van der Waals surface area contributed by atoms with Crippen molar-refractivity contribution in [2.24, 2.45) is 10.9 Å². The third kappa shape index (κ3) is 8.04. The lowest BCUT2D eigenvalue weighted by Crippen LogP contribution is -2.49. The van der Waals surface area contributed by atoms with Crippen LogP contribution in [-0.4, -0.2) is 56.3 Å². The largest absolute Gasteiger partial charge is 0.469 e. The summed E-state index contributed by atoms with van der Waals surface area (Å²) >= 11 is 0. The second kappa shape index (κ2) is 13.2. The Bertz CT molecular complexity index is 802. The van der Waals surface area contributed by atoms with E-state index in [1.807, 2.05) is 24.3 Å². The first-order chi connectivity index (χ1) is 15.2. The van der Waals surface area contributed by atoms with Crippen molar-refractivity contribution in [3.8, 4) is 0 Å². The Morgan fingerprint density at radius 2 is 1.94 bits per heavy atom. The van der Waals surface area contributed by atoms with E-state index in [1.165, 1.54) is 12.1 Å². The molecule has 0 bridgehead atoms. The SMILES string of the molecule is Fc1ccc(CN2CCC(NC(=NCC3CCOC3)NCCc3ccco3)CC2)cc1.I. The monoisotopic (exact) mass is 556 g/mol. The van der Waals surface area contributed by atoms with Crippen LogP contribution in [0.5, 0.6) is 0 Å². The van der Waals surface area contributed by atoms with Gasteiger partial charge in [0.25, 0.3) is 0 Å². The van der Waals surface area contributed by atoms with E-state index in [2.05, 4.69) is 15.5 Å². The van der Waals surface area contributed by atoms with Crippen molar-refractivity contribution in [3.05, 3.63) is 59.8 Å². The van der Waals surface area contributed by atoms with Crippen LogP contribution in [0.1, 0.15) is 30.6 Å². The highest BCUT2D eigenvalue weighted by Crippen LogP contribution is 2.15. The van der Waals surface area contributed by atoms with Gasteiger partial charge in [-0.2, -0.15) is 0 Å². The number of nitrogens with zero attached hydrogens (tertiary/aromatic N) is 2. The van der Waals surface area contributed by atoms with Crippen LogP contribution in [0.15, 0.2) is 52.1 Å². The molecule has 0 amide bonds. The molecule has 0 radical (unpaired) electrons. The van der Waals surface area contributed by atoms with E-state index < -0.39 is 0 Å². The second-order valence-corrected chi connectivity index (χ2v) is 8.50. The van der Waals surface area contributed by atoms with Crippen LogP contribution in [0.25, 0.3) is 0 Å². The molecule has 1 aromatic carbocycles. The highest BCUT2D eigenvalue weighted by atomic mass is 127. The predicted molar refractivity (Wildman–Crippen MR) is 135 cm³/mol. The van der Waals surface area contributed by atoms with E-state index in [-0.39, 0.29) is 29.8 Å². The lowest BCUT2D eigenvalue weighted by Gasteiger charge is -2.33. The molecule has 0 saturated carbocycles. The van der Waals surface area contributed by atoms with Gasteiger partial charge in [-0.25, -0.2) is 4.39 Å². The van der Waals surface area contributed by atoms with Gasteiger partial charge in [-0.05, 0) is 49.1 Å². The van der Waals surface area contributed by atoms with Crippen LogP contribution < -0.4 is 10.6 Å². The van der Waals surface area contributed by atoms with Gasteiger partial charge in [0.2, 0.25) is 0 Å². The minimum Gasteiger partial charge on any atom is -0.469 e. The summed E-state index contributed by atoms with van der Waals surface area (Å²) in [7, 11) is 0. The molecule has 1 atom stereocenters. The molecule has 3 heterocycles. The van der Waals surface area contributed by atoms with Gasteiger partial charge in [0.1, 0.15) is 11.6 Å². The quantitative estimate of drug-likeness (QED) is 0.294. The van der Waals surface area contributed by atoms with Crippen molar-refractivity contribution in [3.63, 3.8) is 0 Å². The Morgan fingerprint density at radius 3 is 2.62 bits per heavy atom. The summed E-state index contributed by atoms with van der Waals surface area (Å²) in [4.78, 5) is 7.28. The maximum Gasteiger partial charge on any atom is 0.191 e. The molecule has 0 aliphatic carbocycles. The molecule has 0 spiro atoms. The standard InChI is InChI=1S/C24H33FN4O2.HI/c25-21-5-3-19(4-6-21)17-29-12-8-22(9-13-29)28-24(27-16-20-10-15-30-18-20)26-11-7-23-2-1-14-31-23;/h1-6,14,20,22H,7-13,15-18H2,(H2,26,27,28);1H. The van der Waals surface area contributed by atoms with Crippen LogP contribution in [-0.2, 0) is 17.7 Å². The van der Waals surface area contributed by atoms with E-state index in [0.29, 0.717) is 12.0 Å². The van der Waals surface area contributed by atoms with E-state index in [1.54, 1.807) is 6.26 Å². The van der Waals surface area contributed by atoms with Gasteiger partial charge in [-0.3, -0.25) is 9.89 Å². The average molecular weight is 556 g/mol. The number of rotatable bonds is 8. The summed E-state index contributed by atoms with van der Waals surface area (Å²) in [5.41, 5.74) is 1.16. The number of hydrogen-bond donors (Lipinski definition) is 2. The minimum absolute atomic E-state index is 0. The van der Waals surface area contributed by atoms with Gasteiger partial charge in [0.05, 0.1) is 12.9 Å². The summed E-state index contributed by atoms with van der Waals surface area (Å²) in [5, 5.41) is 7.12. The van der Waals surface area contributed by atoms with Crippen molar-refractivity contribution in [2.45, 2.75) is 38.3 Å². The molecule has 2 N–H and O–H groups in total. The van der Waals surface area contributed by atoms with Crippen LogP contribution in [0.4, 0.5) is 4.39 Å². The fraction of sp³-hybridized carbons (Fsp3) is 0.542. The van der Waals surface area contributed by atoms with Gasteiger partial charge >= 0.3 is 0 Å². The predicted octanol–water partition coefficient (Wildman–Crippen LogP) is 3.82. The van der Waals surface area contributed by atoms with Crippen molar-refractivity contribution in [1.29, 1.82) is 0 Å². The smallest absolute Gasteiger partial charge is 0.191 e. The molecule has 2 aliphatic heterocycles. The molecule has 2 fully saturated rings. The molecule has 2 aliphatic rings. The Morgan fingerprint density at radius 1 is 1.12 bits per heavy atom. The molecule has 6 nitrogen and oxygen atoms in total. The second-order valence-electron chi connectivity index (χ2n) is 8.50. The zero-order valence-corrected chi connectivity index (χ0v) is 20.8. The first-order valence-corrected chi connectivity index (χ1v) is 11.4. The number of nitrogens with one attached hydrogen (secondary N) is 2. The topological polar surface area (TPSA) is 62.0 Å². The van der Waals surface area contributed by atoms with Crippen LogP contribution in [0.3, 0.4) is 0 Å². The molecular formula is C24H34FIN4O2. The van der Waals surface area contributed by atoms with E-state index >= 15 is 0 Å². The number of benzene rings is 1. The van der Waals surface area contributed by atoms with E-state index in [0.717, 1.165) is 88.9 Å². The molecule has 8 heteroatoms.